The first-order valence-corrected chi connectivity index (χ1v) is 6.15. The largest absolute Gasteiger partial charge is 0.319 e. The molecule has 1 heterocycles. The Kier molecular flexibility index (Phi) is 3.13. The highest BCUT2D eigenvalue weighted by Gasteiger charge is 2.30. The lowest BCUT2D eigenvalue weighted by Crippen LogP contribution is -2.37. The summed E-state index contributed by atoms with van der Waals surface area (Å²) >= 11 is 1.46. The number of aromatic nitrogens is 2. The van der Waals surface area contributed by atoms with Gasteiger partial charge in [-0.05, 0) is 24.4 Å². The summed E-state index contributed by atoms with van der Waals surface area (Å²) in [7, 11) is 0. The minimum absolute atomic E-state index is 0.179. The molecule has 0 aromatic carbocycles. The average Bonchev–Trinajstić information content (AvgIpc) is 2.65. The molecule has 0 aliphatic heterocycles. The van der Waals surface area contributed by atoms with Gasteiger partial charge >= 0.3 is 0 Å². The quantitative estimate of drug-likeness (QED) is 0.776. The van der Waals surface area contributed by atoms with Gasteiger partial charge in [-0.25, -0.2) is 4.98 Å². The van der Waals surface area contributed by atoms with Crippen LogP contribution in [-0.2, 0) is 5.54 Å². The molecule has 0 unspecified atom stereocenters. The lowest BCUT2D eigenvalue weighted by molar-refractivity contribution is 0.322. The summed E-state index contributed by atoms with van der Waals surface area (Å²) in [5.74, 6) is 0. The molecule has 1 aromatic rings. The molecule has 0 bridgehead atoms. The van der Waals surface area contributed by atoms with E-state index < -0.39 is 0 Å². The Morgan fingerprint density at radius 1 is 1.14 bits per heavy atom. The fourth-order valence-electron chi connectivity index (χ4n) is 2.14. The van der Waals surface area contributed by atoms with E-state index in [9.17, 15) is 0 Å². The second-order valence-electron chi connectivity index (χ2n) is 4.17. The van der Waals surface area contributed by atoms with Crippen molar-refractivity contribution in [1.29, 1.82) is 0 Å². The second kappa shape index (κ2) is 4.36. The molecule has 2 N–H and O–H groups in total. The number of hydrogen-bond acceptors (Lipinski definition) is 4. The molecule has 0 radical (unpaired) electrons. The van der Waals surface area contributed by atoms with E-state index in [1.807, 2.05) is 0 Å². The first-order valence-electron chi connectivity index (χ1n) is 5.37. The summed E-state index contributed by atoms with van der Waals surface area (Å²) in [4.78, 5) is 4.27. The molecule has 2 rings (SSSR count). The first kappa shape index (κ1) is 10.1. The van der Waals surface area contributed by atoms with Crippen molar-refractivity contribution in [3.8, 4) is 0 Å². The fraction of sp³-hybridized carbons (Fsp3) is 0.800. The highest BCUT2D eigenvalue weighted by molar-refractivity contribution is 7.05. The highest BCUT2D eigenvalue weighted by Crippen LogP contribution is 2.33. The maximum Gasteiger partial charge on any atom is 0.133 e. The van der Waals surface area contributed by atoms with Crippen LogP contribution in [0.2, 0.25) is 0 Å². The van der Waals surface area contributed by atoms with Crippen LogP contribution in [-0.4, -0.2) is 9.36 Å². The molecular formula is C10H17N3S. The van der Waals surface area contributed by atoms with E-state index in [0.29, 0.717) is 0 Å². The van der Waals surface area contributed by atoms with Crippen LogP contribution in [0.25, 0.3) is 0 Å². The smallest absolute Gasteiger partial charge is 0.133 e. The van der Waals surface area contributed by atoms with Crippen molar-refractivity contribution in [2.45, 2.75) is 50.5 Å². The van der Waals surface area contributed by atoms with Crippen LogP contribution in [0.5, 0.6) is 0 Å². The van der Waals surface area contributed by atoms with E-state index in [0.717, 1.165) is 17.8 Å². The highest BCUT2D eigenvalue weighted by atomic mass is 32.1. The van der Waals surface area contributed by atoms with E-state index >= 15 is 0 Å². The molecule has 0 amide bonds. The van der Waals surface area contributed by atoms with Crippen LogP contribution < -0.4 is 5.73 Å². The third-order valence-corrected chi connectivity index (χ3v) is 3.92. The molecule has 1 aliphatic rings. The van der Waals surface area contributed by atoms with Crippen molar-refractivity contribution >= 4 is 11.5 Å². The van der Waals surface area contributed by atoms with Gasteiger partial charge in [0, 0.05) is 0 Å². The Hall–Kier alpha value is -0.480. The van der Waals surface area contributed by atoms with Gasteiger partial charge in [-0.3, -0.25) is 0 Å². The topological polar surface area (TPSA) is 51.8 Å². The number of rotatable bonds is 1. The Morgan fingerprint density at radius 2 is 1.79 bits per heavy atom. The number of nitrogens with zero attached hydrogens (tertiary/aromatic N) is 2. The molecule has 1 saturated carbocycles. The van der Waals surface area contributed by atoms with Gasteiger partial charge in [0.1, 0.15) is 11.3 Å². The van der Waals surface area contributed by atoms with E-state index in [1.165, 1.54) is 43.6 Å². The first-order chi connectivity index (χ1) is 6.81. The van der Waals surface area contributed by atoms with Crippen molar-refractivity contribution in [2.24, 2.45) is 5.73 Å². The van der Waals surface area contributed by atoms with Gasteiger partial charge < -0.3 is 5.73 Å². The Labute approximate surface area is 88.9 Å². The monoisotopic (exact) mass is 211 g/mol. The van der Waals surface area contributed by atoms with Crippen molar-refractivity contribution in [2.75, 3.05) is 0 Å². The Morgan fingerprint density at radius 3 is 2.36 bits per heavy atom. The van der Waals surface area contributed by atoms with Crippen LogP contribution in [0.4, 0.5) is 0 Å². The summed E-state index contributed by atoms with van der Waals surface area (Å²) in [5, 5.41) is 1.03. The van der Waals surface area contributed by atoms with Gasteiger partial charge in [0.2, 0.25) is 0 Å². The molecule has 3 nitrogen and oxygen atoms in total. The van der Waals surface area contributed by atoms with Crippen LogP contribution in [0.1, 0.15) is 50.0 Å². The normalized spacial score (nSPS) is 22.6. The maximum atomic E-state index is 6.40. The van der Waals surface area contributed by atoms with Crippen molar-refractivity contribution in [3.05, 3.63) is 11.3 Å². The summed E-state index contributed by atoms with van der Waals surface area (Å²) in [6.45, 7) is 0. The van der Waals surface area contributed by atoms with Crippen molar-refractivity contribution in [3.63, 3.8) is 0 Å². The number of nitrogens with two attached hydrogens (primary N) is 1. The lowest BCUT2D eigenvalue weighted by Gasteiger charge is -2.28. The van der Waals surface area contributed by atoms with Gasteiger partial charge in [0.05, 0.1) is 5.54 Å². The van der Waals surface area contributed by atoms with Crippen LogP contribution >= 0.6 is 11.5 Å². The third kappa shape index (κ3) is 2.12. The molecule has 0 spiro atoms. The standard InChI is InChI=1S/C10H17N3S/c11-10(9-12-8-13-14-9)6-4-2-1-3-5-7-10/h8H,1-7,11H2. The minimum Gasteiger partial charge on any atom is -0.319 e. The second-order valence-corrected chi connectivity index (χ2v) is 4.95. The van der Waals surface area contributed by atoms with Crippen LogP contribution in [0.15, 0.2) is 6.33 Å². The van der Waals surface area contributed by atoms with E-state index in [-0.39, 0.29) is 5.54 Å². The third-order valence-electron chi connectivity index (χ3n) is 3.03. The van der Waals surface area contributed by atoms with Gasteiger partial charge in [0.15, 0.2) is 0 Å². The molecule has 0 saturated heterocycles. The summed E-state index contributed by atoms with van der Waals surface area (Å²) < 4.78 is 4.05. The number of hydrogen-bond donors (Lipinski definition) is 1. The molecule has 78 valence electrons. The maximum absolute atomic E-state index is 6.40. The van der Waals surface area contributed by atoms with Crippen LogP contribution in [0, 0.1) is 0 Å². The summed E-state index contributed by atoms with van der Waals surface area (Å²) in [6.07, 6.45) is 10.2. The summed E-state index contributed by atoms with van der Waals surface area (Å²) in [5.41, 5.74) is 6.22. The lowest BCUT2D eigenvalue weighted by atomic mass is 9.85. The zero-order valence-corrected chi connectivity index (χ0v) is 9.22. The van der Waals surface area contributed by atoms with Crippen LogP contribution in [0.3, 0.4) is 0 Å². The summed E-state index contributed by atoms with van der Waals surface area (Å²) in [6, 6.07) is 0. The Bertz CT molecular complexity index is 263. The molecule has 1 aliphatic carbocycles. The average molecular weight is 211 g/mol. The van der Waals surface area contributed by atoms with E-state index in [4.69, 9.17) is 5.73 Å². The van der Waals surface area contributed by atoms with Gasteiger partial charge in [0.25, 0.3) is 0 Å². The predicted molar refractivity (Wildman–Crippen MR) is 58.1 cm³/mol. The van der Waals surface area contributed by atoms with E-state index in [2.05, 4.69) is 9.36 Å². The van der Waals surface area contributed by atoms with Gasteiger partial charge in [-0.2, -0.15) is 4.37 Å². The predicted octanol–water partition coefficient (Wildman–Crippen LogP) is 2.44. The molecule has 0 atom stereocenters. The molecule has 14 heavy (non-hydrogen) atoms. The molecule has 4 heteroatoms. The zero-order chi connectivity index (χ0) is 9.86. The zero-order valence-electron chi connectivity index (χ0n) is 8.41. The molecule has 1 aromatic heterocycles. The van der Waals surface area contributed by atoms with Gasteiger partial charge in [-0.1, -0.05) is 32.1 Å². The van der Waals surface area contributed by atoms with Crippen molar-refractivity contribution in [1.82, 2.24) is 9.36 Å². The Balaban J connectivity index is 2.11. The molecular weight excluding hydrogens is 194 g/mol. The van der Waals surface area contributed by atoms with Gasteiger partial charge in [-0.15, -0.1) is 0 Å². The minimum atomic E-state index is -0.179. The fourth-order valence-corrected chi connectivity index (χ4v) is 2.82. The van der Waals surface area contributed by atoms with E-state index in [1.54, 1.807) is 6.33 Å². The van der Waals surface area contributed by atoms with Crippen molar-refractivity contribution < 1.29 is 0 Å². The molecule has 1 fully saturated rings. The SMILES string of the molecule is NC1(c2ncns2)CCCCCCC1.